The highest BCUT2D eigenvalue weighted by molar-refractivity contribution is 6.63. The second-order valence-corrected chi connectivity index (χ2v) is 5.04. The maximum absolute atomic E-state index is 11.3. The zero-order chi connectivity index (χ0) is 4.50. The molecule has 0 N–H and O–H groups in total. The minimum absolute atomic E-state index is 0.172. The summed E-state index contributed by atoms with van der Waals surface area (Å²) in [5, 5.41) is 0. The molecule has 0 aromatic rings. The first-order valence-electron chi connectivity index (χ1n) is 1.07. The smallest absolute Gasteiger partial charge is 0.215 e. The van der Waals surface area contributed by atoms with Crippen LogP contribution in [0.1, 0.15) is 0 Å². The summed E-state index contributed by atoms with van der Waals surface area (Å²) in [4.78, 5) is 0. The summed E-state index contributed by atoms with van der Waals surface area (Å²) in [6, 6.07) is 0. The molecule has 0 atom stereocenters. The fourth-order valence-corrected chi connectivity index (χ4v) is 0. The zero-order valence-electron chi connectivity index (χ0n) is 2.63. The zero-order valence-corrected chi connectivity index (χ0v) is 6.15. The second kappa shape index (κ2) is 1.45. The Labute approximate surface area is 42.7 Å². The first kappa shape index (κ1) is 5.73. The van der Waals surface area contributed by atoms with E-state index in [0.29, 0.717) is 0 Å². The van der Waals surface area contributed by atoms with Gasteiger partial charge in [0, 0.05) is 0 Å². The molecule has 0 bridgehead atoms. The van der Waals surface area contributed by atoms with Gasteiger partial charge in [-0.25, -0.2) is 4.39 Å². The standard InChI is InChI=1S/CH3Cl2FSi/c2-1(3,4)5/h5H3. The highest BCUT2D eigenvalue weighted by Gasteiger charge is 2.09. The quantitative estimate of drug-likeness (QED) is 0.331. The van der Waals surface area contributed by atoms with E-state index in [1.807, 2.05) is 0 Å². The molecule has 4 heteroatoms. The third kappa shape index (κ3) is 66.5. The first-order valence-corrected chi connectivity index (χ1v) is 2.82. The molecule has 0 rings (SSSR count). The van der Waals surface area contributed by atoms with Crippen molar-refractivity contribution in [2.45, 2.75) is 4.21 Å². The number of rotatable bonds is 0. The van der Waals surface area contributed by atoms with Crippen LogP contribution in [0.2, 0.25) is 0 Å². The minimum atomic E-state index is -1.92. The van der Waals surface area contributed by atoms with Crippen LogP contribution < -0.4 is 0 Å². The molecule has 0 nitrogen and oxygen atoms in total. The molecule has 0 saturated carbocycles. The Kier molecular flexibility index (Phi) is 1.66. The molecule has 0 aliphatic carbocycles. The van der Waals surface area contributed by atoms with E-state index < -0.39 is 4.21 Å². The van der Waals surface area contributed by atoms with Gasteiger partial charge >= 0.3 is 0 Å². The Bertz CT molecular complexity index is 25.1. The van der Waals surface area contributed by atoms with E-state index in [2.05, 4.69) is 0 Å². The van der Waals surface area contributed by atoms with Gasteiger partial charge < -0.3 is 0 Å². The molecule has 32 valence electrons. The van der Waals surface area contributed by atoms with Crippen LogP contribution in [0.25, 0.3) is 0 Å². The summed E-state index contributed by atoms with van der Waals surface area (Å²) in [7, 11) is 0.172. The molecular formula is CH3Cl2FSi. The van der Waals surface area contributed by atoms with E-state index in [-0.39, 0.29) is 10.2 Å². The van der Waals surface area contributed by atoms with Gasteiger partial charge in [0.1, 0.15) is 0 Å². The third-order valence-electron chi connectivity index (χ3n) is 0. The van der Waals surface area contributed by atoms with Crippen molar-refractivity contribution in [3.63, 3.8) is 0 Å². The summed E-state index contributed by atoms with van der Waals surface area (Å²) >= 11 is 9.38. The molecule has 0 aliphatic heterocycles. The summed E-state index contributed by atoms with van der Waals surface area (Å²) in [6.45, 7) is 0. The predicted octanol–water partition coefficient (Wildman–Crippen LogP) is 0.410. The number of alkyl halides is 3. The average molecular weight is 133 g/mol. The summed E-state index contributed by atoms with van der Waals surface area (Å²) in [6.07, 6.45) is 0. The van der Waals surface area contributed by atoms with Gasteiger partial charge in [0.15, 0.2) is 0 Å². The molecule has 0 unspecified atom stereocenters. The molecule has 0 spiro atoms. The summed E-state index contributed by atoms with van der Waals surface area (Å²) in [5.74, 6) is 0. The van der Waals surface area contributed by atoms with Gasteiger partial charge in [0.2, 0.25) is 4.21 Å². The van der Waals surface area contributed by atoms with Crippen molar-refractivity contribution in [3.8, 4) is 0 Å². The monoisotopic (exact) mass is 132 g/mol. The van der Waals surface area contributed by atoms with Crippen LogP contribution in [-0.4, -0.2) is 14.5 Å². The van der Waals surface area contributed by atoms with Gasteiger partial charge in [-0.3, -0.25) is 0 Å². The van der Waals surface area contributed by atoms with Gasteiger partial charge in [-0.1, -0.05) is 23.2 Å². The van der Waals surface area contributed by atoms with Crippen LogP contribution in [0.4, 0.5) is 4.39 Å². The largest absolute Gasteiger partial charge is 0.228 e. The molecule has 0 aromatic heterocycles. The SMILES string of the molecule is FC([SiH3])(Cl)Cl. The van der Waals surface area contributed by atoms with Crippen molar-refractivity contribution in [2.75, 3.05) is 0 Å². The van der Waals surface area contributed by atoms with Crippen molar-refractivity contribution in [1.82, 2.24) is 0 Å². The molecule has 0 saturated heterocycles. The Balaban J connectivity index is 3.02. The normalized spacial score (nSPS) is 12.6. The van der Waals surface area contributed by atoms with Gasteiger partial charge in [-0.05, 0) is 0 Å². The van der Waals surface area contributed by atoms with Crippen molar-refractivity contribution in [3.05, 3.63) is 0 Å². The summed E-state index contributed by atoms with van der Waals surface area (Å²) < 4.78 is 9.36. The molecule has 0 amide bonds. The van der Waals surface area contributed by atoms with E-state index in [1.165, 1.54) is 0 Å². The van der Waals surface area contributed by atoms with Crippen LogP contribution >= 0.6 is 23.2 Å². The van der Waals surface area contributed by atoms with Crippen molar-refractivity contribution in [2.24, 2.45) is 0 Å². The highest BCUT2D eigenvalue weighted by Crippen LogP contribution is 2.15. The molecule has 0 fully saturated rings. The van der Waals surface area contributed by atoms with Gasteiger partial charge in [0.05, 0.1) is 10.2 Å². The van der Waals surface area contributed by atoms with E-state index in [0.717, 1.165) is 0 Å². The maximum Gasteiger partial charge on any atom is 0.228 e. The molecular weight excluding hydrogens is 130 g/mol. The predicted molar refractivity (Wildman–Crippen MR) is 25.5 cm³/mol. The lowest BCUT2D eigenvalue weighted by atomic mass is 11.7. The van der Waals surface area contributed by atoms with E-state index in [4.69, 9.17) is 23.2 Å². The van der Waals surface area contributed by atoms with Crippen LogP contribution in [0.15, 0.2) is 0 Å². The van der Waals surface area contributed by atoms with E-state index in [1.54, 1.807) is 0 Å². The van der Waals surface area contributed by atoms with Crippen LogP contribution in [0, 0.1) is 0 Å². The molecule has 0 aliphatic rings. The number of hydrogen-bond donors (Lipinski definition) is 0. The Morgan fingerprint density at radius 2 is 1.60 bits per heavy atom. The van der Waals surface area contributed by atoms with Crippen molar-refractivity contribution >= 4 is 33.4 Å². The van der Waals surface area contributed by atoms with Crippen molar-refractivity contribution in [1.29, 1.82) is 0 Å². The third-order valence-corrected chi connectivity index (χ3v) is 0. The number of halogens is 3. The fraction of sp³-hybridized carbons (Fsp3) is 1.00. The average Bonchev–Trinajstić information content (AvgIpc) is 0.722. The molecule has 0 aromatic carbocycles. The molecule has 0 heterocycles. The van der Waals surface area contributed by atoms with Gasteiger partial charge in [-0.2, -0.15) is 0 Å². The van der Waals surface area contributed by atoms with Crippen LogP contribution in [0.5, 0.6) is 0 Å². The minimum Gasteiger partial charge on any atom is -0.215 e. The lowest BCUT2D eigenvalue weighted by Gasteiger charge is -1.93. The summed E-state index contributed by atoms with van der Waals surface area (Å²) in [5.41, 5.74) is 0. The first-order chi connectivity index (χ1) is 2.00. The Morgan fingerprint density at radius 3 is 1.60 bits per heavy atom. The fourth-order valence-electron chi connectivity index (χ4n) is 0. The Morgan fingerprint density at radius 1 is 1.60 bits per heavy atom. The lowest BCUT2D eigenvalue weighted by Crippen LogP contribution is -1.99. The highest BCUT2D eigenvalue weighted by atomic mass is 35.5. The van der Waals surface area contributed by atoms with Crippen LogP contribution in [0.3, 0.4) is 0 Å². The van der Waals surface area contributed by atoms with E-state index in [9.17, 15) is 4.39 Å². The maximum atomic E-state index is 11.3. The topological polar surface area (TPSA) is 0 Å². The molecule has 0 radical (unpaired) electrons. The van der Waals surface area contributed by atoms with Gasteiger partial charge in [0.25, 0.3) is 0 Å². The van der Waals surface area contributed by atoms with Crippen LogP contribution in [-0.2, 0) is 0 Å². The number of hydrogen-bond acceptors (Lipinski definition) is 0. The molecule has 5 heavy (non-hydrogen) atoms. The van der Waals surface area contributed by atoms with Crippen molar-refractivity contribution < 1.29 is 4.39 Å². The Hall–Kier alpha value is 0.727. The van der Waals surface area contributed by atoms with Gasteiger partial charge in [-0.15, -0.1) is 0 Å². The van der Waals surface area contributed by atoms with E-state index >= 15 is 0 Å². The second-order valence-electron chi connectivity index (χ2n) is 0.781. The lowest BCUT2D eigenvalue weighted by molar-refractivity contribution is 0.506.